The minimum atomic E-state index is -0.208. The molecular formula is C23H33FIN5. The highest BCUT2D eigenvalue weighted by Gasteiger charge is 2.24. The Bertz CT molecular complexity index is 847. The maximum atomic E-state index is 13.6. The number of nitrogens with zero attached hydrogens (tertiary/aromatic N) is 3. The van der Waals surface area contributed by atoms with Gasteiger partial charge < -0.3 is 15.5 Å². The summed E-state index contributed by atoms with van der Waals surface area (Å²) in [6.45, 7) is 8.85. The quantitative estimate of drug-likeness (QED) is 0.348. The zero-order valence-electron chi connectivity index (χ0n) is 18.3. The number of aryl methyl sites for hydroxylation is 1. The van der Waals surface area contributed by atoms with E-state index in [0.29, 0.717) is 12.6 Å². The second-order valence-corrected chi connectivity index (χ2v) is 8.36. The van der Waals surface area contributed by atoms with E-state index in [1.54, 1.807) is 19.2 Å². The maximum Gasteiger partial charge on any atom is 0.191 e. The van der Waals surface area contributed by atoms with Gasteiger partial charge in [-0.1, -0.05) is 32.0 Å². The van der Waals surface area contributed by atoms with Crippen LogP contribution in [0.2, 0.25) is 0 Å². The first-order chi connectivity index (χ1) is 13.9. The molecule has 5 nitrogen and oxygen atoms in total. The number of anilines is 1. The lowest BCUT2D eigenvalue weighted by Gasteiger charge is -2.34. The van der Waals surface area contributed by atoms with Gasteiger partial charge in [0.15, 0.2) is 5.96 Å². The first kappa shape index (κ1) is 24.4. The van der Waals surface area contributed by atoms with Gasteiger partial charge in [-0.2, -0.15) is 0 Å². The van der Waals surface area contributed by atoms with Crippen molar-refractivity contribution in [1.82, 2.24) is 15.6 Å². The number of aromatic nitrogens is 1. The van der Waals surface area contributed by atoms with Crippen LogP contribution in [0, 0.1) is 12.7 Å². The Labute approximate surface area is 196 Å². The number of rotatable bonds is 5. The molecule has 164 valence electrons. The summed E-state index contributed by atoms with van der Waals surface area (Å²) in [7, 11) is 1.79. The van der Waals surface area contributed by atoms with Crippen molar-refractivity contribution in [3.8, 4) is 0 Å². The van der Waals surface area contributed by atoms with E-state index in [1.807, 2.05) is 19.1 Å². The van der Waals surface area contributed by atoms with Gasteiger partial charge in [0.1, 0.15) is 11.6 Å². The van der Waals surface area contributed by atoms with E-state index in [2.05, 4.69) is 51.5 Å². The zero-order chi connectivity index (χ0) is 20.9. The van der Waals surface area contributed by atoms with Crippen molar-refractivity contribution >= 4 is 35.8 Å². The van der Waals surface area contributed by atoms with Crippen molar-refractivity contribution in [3.05, 3.63) is 59.5 Å². The highest BCUT2D eigenvalue weighted by Crippen LogP contribution is 2.23. The van der Waals surface area contributed by atoms with Crippen molar-refractivity contribution < 1.29 is 4.39 Å². The monoisotopic (exact) mass is 525 g/mol. The van der Waals surface area contributed by atoms with E-state index in [9.17, 15) is 4.39 Å². The fraction of sp³-hybridized carbons (Fsp3) is 0.478. The van der Waals surface area contributed by atoms with E-state index in [0.717, 1.165) is 49.0 Å². The predicted octanol–water partition coefficient (Wildman–Crippen LogP) is 4.26. The van der Waals surface area contributed by atoms with Gasteiger partial charge in [0, 0.05) is 43.8 Å². The molecule has 0 spiro atoms. The molecule has 7 heteroatoms. The first-order valence-electron chi connectivity index (χ1n) is 10.3. The number of pyridine rings is 1. The minimum Gasteiger partial charge on any atom is -0.356 e. The van der Waals surface area contributed by atoms with Crippen molar-refractivity contribution in [1.29, 1.82) is 0 Å². The van der Waals surface area contributed by atoms with E-state index in [1.165, 1.54) is 6.07 Å². The molecule has 0 atom stereocenters. The summed E-state index contributed by atoms with van der Waals surface area (Å²) in [5.74, 6) is 1.65. The SMILES string of the molecule is CN=C(NCC(C)(C)c1cccc(F)c1)NC1CCN(c2cccc(C)n2)CC1.I. The van der Waals surface area contributed by atoms with Crippen LogP contribution in [-0.4, -0.2) is 43.7 Å². The topological polar surface area (TPSA) is 52.6 Å². The Kier molecular flexibility index (Phi) is 8.88. The van der Waals surface area contributed by atoms with E-state index in [-0.39, 0.29) is 35.2 Å². The molecule has 3 rings (SSSR count). The van der Waals surface area contributed by atoms with Gasteiger partial charge in [0.25, 0.3) is 0 Å². The van der Waals surface area contributed by atoms with Crippen molar-refractivity contribution in [3.63, 3.8) is 0 Å². The Morgan fingerprint density at radius 2 is 1.90 bits per heavy atom. The maximum absolute atomic E-state index is 13.6. The van der Waals surface area contributed by atoms with E-state index < -0.39 is 0 Å². The van der Waals surface area contributed by atoms with Crippen LogP contribution in [-0.2, 0) is 5.41 Å². The molecule has 0 bridgehead atoms. The second-order valence-electron chi connectivity index (χ2n) is 8.36. The molecule has 0 amide bonds. The lowest BCUT2D eigenvalue weighted by Crippen LogP contribution is -2.50. The number of hydrogen-bond donors (Lipinski definition) is 2. The van der Waals surface area contributed by atoms with Crippen molar-refractivity contribution in [2.45, 2.75) is 45.1 Å². The molecule has 0 aliphatic carbocycles. The summed E-state index contributed by atoms with van der Waals surface area (Å²) in [5, 5.41) is 6.96. The Morgan fingerprint density at radius 3 is 2.53 bits per heavy atom. The van der Waals surface area contributed by atoms with Crippen LogP contribution >= 0.6 is 24.0 Å². The molecule has 30 heavy (non-hydrogen) atoms. The fourth-order valence-electron chi connectivity index (χ4n) is 3.66. The molecule has 1 aromatic carbocycles. The molecule has 0 saturated carbocycles. The first-order valence-corrected chi connectivity index (χ1v) is 10.3. The normalized spacial score (nSPS) is 15.5. The molecule has 2 N–H and O–H groups in total. The van der Waals surface area contributed by atoms with Gasteiger partial charge >= 0.3 is 0 Å². The van der Waals surface area contributed by atoms with Crippen LogP contribution in [0.4, 0.5) is 10.2 Å². The van der Waals surface area contributed by atoms with Gasteiger partial charge in [-0.05, 0) is 49.6 Å². The molecule has 2 aromatic rings. The van der Waals surface area contributed by atoms with Crippen LogP contribution in [0.3, 0.4) is 0 Å². The number of aliphatic imine (C=N–C) groups is 1. The molecule has 1 aliphatic heterocycles. The number of piperidine rings is 1. The van der Waals surface area contributed by atoms with Gasteiger partial charge in [0.05, 0.1) is 0 Å². The van der Waals surface area contributed by atoms with E-state index in [4.69, 9.17) is 0 Å². The predicted molar refractivity (Wildman–Crippen MR) is 134 cm³/mol. The number of nitrogens with one attached hydrogen (secondary N) is 2. The third-order valence-electron chi connectivity index (χ3n) is 5.56. The molecule has 0 radical (unpaired) electrons. The smallest absolute Gasteiger partial charge is 0.191 e. The standard InChI is InChI=1S/C23H32FN5.HI/c1-17-7-5-10-21(27-17)29-13-11-20(12-14-29)28-22(25-4)26-16-23(2,3)18-8-6-9-19(24)15-18;/h5-10,15,20H,11-14,16H2,1-4H3,(H2,25,26,28);1H. The molecule has 2 heterocycles. The van der Waals surface area contributed by atoms with Crippen LogP contribution in [0.1, 0.15) is 37.9 Å². The summed E-state index contributed by atoms with van der Waals surface area (Å²) in [4.78, 5) is 11.4. The Balaban J connectivity index is 0.00000320. The second kappa shape index (κ2) is 10.9. The zero-order valence-corrected chi connectivity index (χ0v) is 20.6. The van der Waals surface area contributed by atoms with Crippen molar-refractivity contribution in [2.24, 2.45) is 4.99 Å². The summed E-state index contributed by atoms with van der Waals surface area (Å²) >= 11 is 0. The summed E-state index contributed by atoms with van der Waals surface area (Å²) in [6.07, 6.45) is 2.06. The highest BCUT2D eigenvalue weighted by molar-refractivity contribution is 14.0. The molecule has 1 aliphatic rings. The third-order valence-corrected chi connectivity index (χ3v) is 5.56. The largest absolute Gasteiger partial charge is 0.356 e. The highest BCUT2D eigenvalue weighted by atomic mass is 127. The van der Waals surface area contributed by atoms with Crippen LogP contribution in [0.5, 0.6) is 0 Å². The molecule has 1 fully saturated rings. The average molecular weight is 525 g/mol. The number of guanidine groups is 1. The van der Waals surface area contributed by atoms with Crippen LogP contribution < -0.4 is 15.5 Å². The fourth-order valence-corrected chi connectivity index (χ4v) is 3.66. The van der Waals surface area contributed by atoms with Crippen LogP contribution in [0.15, 0.2) is 47.5 Å². The third kappa shape index (κ3) is 6.55. The summed E-state index contributed by atoms with van der Waals surface area (Å²) in [6, 6.07) is 13.4. The Hall–Kier alpha value is -1.90. The summed E-state index contributed by atoms with van der Waals surface area (Å²) in [5.41, 5.74) is 1.81. The number of hydrogen-bond acceptors (Lipinski definition) is 3. The lowest BCUT2D eigenvalue weighted by molar-refractivity contribution is 0.451. The van der Waals surface area contributed by atoms with Crippen molar-refractivity contribution in [2.75, 3.05) is 31.6 Å². The van der Waals surface area contributed by atoms with Gasteiger partial charge in [0.2, 0.25) is 0 Å². The number of halogens is 2. The van der Waals surface area contributed by atoms with Gasteiger partial charge in [-0.15, -0.1) is 24.0 Å². The minimum absolute atomic E-state index is 0. The summed E-state index contributed by atoms with van der Waals surface area (Å²) < 4.78 is 13.6. The Morgan fingerprint density at radius 1 is 1.20 bits per heavy atom. The van der Waals surface area contributed by atoms with Gasteiger partial charge in [-0.25, -0.2) is 9.37 Å². The van der Waals surface area contributed by atoms with Gasteiger partial charge in [-0.3, -0.25) is 4.99 Å². The molecule has 1 saturated heterocycles. The van der Waals surface area contributed by atoms with Crippen LogP contribution in [0.25, 0.3) is 0 Å². The molecular weight excluding hydrogens is 492 g/mol. The molecule has 1 aromatic heterocycles. The average Bonchev–Trinajstić information content (AvgIpc) is 2.71. The molecule has 0 unspecified atom stereocenters. The van der Waals surface area contributed by atoms with E-state index >= 15 is 0 Å². The number of benzene rings is 1. The lowest BCUT2D eigenvalue weighted by atomic mass is 9.84.